The number of hydrogen-bond acceptors (Lipinski definition) is 3. The van der Waals surface area contributed by atoms with Crippen molar-refractivity contribution in [3.8, 4) is 0 Å². The molecule has 1 aliphatic rings. The van der Waals surface area contributed by atoms with Crippen LogP contribution < -0.4 is 5.32 Å². The Morgan fingerprint density at radius 2 is 2.06 bits per heavy atom. The molecule has 0 amide bonds. The number of carboxylic acid groups (broad SMARTS) is 1. The Balaban J connectivity index is 2.43. The maximum absolute atomic E-state index is 11.1. The Morgan fingerprint density at radius 1 is 1.41 bits per heavy atom. The predicted molar refractivity (Wildman–Crippen MR) is 67.0 cm³/mol. The number of ether oxygens (including phenoxy) is 1. The van der Waals surface area contributed by atoms with Gasteiger partial charge in [-0.15, -0.1) is 0 Å². The number of likely N-dealkylation sites (N-methyl/N-ethyl adjacent to an activating group) is 1. The summed E-state index contributed by atoms with van der Waals surface area (Å²) in [6.45, 7) is 6.40. The molecule has 0 saturated heterocycles. The van der Waals surface area contributed by atoms with Gasteiger partial charge in [0.1, 0.15) is 5.54 Å². The van der Waals surface area contributed by atoms with Crippen LogP contribution in [-0.4, -0.2) is 36.4 Å². The number of carbonyl (C=O) groups is 1. The average Bonchev–Trinajstić information content (AvgIpc) is 2.30. The molecule has 2 N–H and O–H groups in total. The second-order valence-corrected chi connectivity index (χ2v) is 5.59. The fourth-order valence-corrected chi connectivity index (χ4v) is 2.17. The Bertz CT molecular complexity index is 269. The molecule has 0 aliphatic heterocycles. The van der Waals surface area contributed by atoms with Gasteiger partial charge < -0.3 is 15.2 Å². The third-order valence-corrected chi connectivity index (χ3v) is 4.18. The first-order valence-corrected chi connectivity index (χ1v) is 6.43. The second kappa shape index (κ2) is 5.83. The normalized spacial score (nSPS) is 33.1. The van der Waals surface area contributed by atoms with Crippen molar-refractivity contribution in [1.29, 1.82) is 0 Å². The number of carboxylic acids is 1. The van der Waals surface area contributed by atoms with Crippen molar-refractivity contribution in [3.63, 3.8) is 0 Å². The third-order valence-electron chi connectivity index (χ3n) is 4.18. The minimum atomic E-state index is -0.980. The van der Waals surface area contributed by atoms with Gasteiger partial charge in [0.25, 0.3) is 0 Å². The lowest BCUT2D eigenvalue weighted by atomic mass is 9.80. The minimum absolute atomic E-state index is 0.216. The van der Waals surface area contributed by atoms with Crippen LogP contribution in [0.3, 0.4) is 0 Å². The van der Waals surface area contributed by atoms with Gasteiger partial charge in [0.05, 0.1) is 12.7 Å². The van der Waals surface area contributed by atoms with Gasteiger partial charge in [0, 0.05) is 0 Å². The zero-order valence-electron chi connectivity index (χ0n) is 11.3. The largest absolute Gasteiger partial charge is 0.480 e. The summed E-state index contributed by atoms with van der Waals surface area (Å²) in [6.07, 6.45) is 3.48. The second-order valence-electron chi connectivity index (χ2n) is 5.59. The summed E-state index contributed by atoms with van der Waals surface area (Å²) < 4.78 is 5.78. The lowest BCUT2D eigenvalue weighted by molar-refractivity contribution is -0.148. The SMILES string of the molecule is CNC(C)(COC1CCC(C)C(C)C1)C(=O)O. The molecule has 4 unspecified atom stereocenters. The predicted octanol–water partition coefficient (Wildman–Crippen LogP) is 1.89. The van der Waals surface area contributed by atoms with Gasteiger partial charge in [0.2, 0.25) is 0 Å². The molecular formula is C13H25NO3. The monoisotopic (exact) mass is 243 g/mol. The molecule has 0 aromatic rings. The van der Waals surface area contributed by atoms with E-state index in [1.54, 1.807) is 14.0 Å². The van der Waals surface area contributed by atoms with E-state index in [2.05, 4.69) is 19.2 Å². The number of nitrogens with one attached hydrogen (secondary N) is 1. The number of aliphatic carboxylic acids is 1. The molecule has 0 radical (unpaired) electrons. The fourth-order valence-electron chi connectivity index (χ4n) is 2.17. The van der Waals surface area contributed by atoms with Gasteiger partial charge in [-0.1, -0.05) is 13.8 Å². The first kappa shape index (κ1) is 14.5. The smallest absolute Gasteiger partial charge is 0.326 e. The van der Waals surface area contributed by atoms with E-state index in [-0.39, 0.29) is 12.7 Å². The maximum atomic E-state index is 11.1. The summed E-state index contributed by atoms with van der Waals surface area (Å²) >= 11 is 0. The topological polar surface area (TPSA) is 58.6 Å². The van der Waals surface area contributed by atoms with E-state index in [1.165, 1.54) is 6.42 Å². The van der Waals surface area contributed by atoms with Crippen LogP contribution in [-0.2, 0) is 9.53 Å². The molecule has 4 nitrogen and oxygen atoms in total. The average molecular weight is 243 g/mol. The molecule has 1 saturated carbocycles. The van der Waals surface area contributed by atoms with Crippen LogP contribution in [0.5, 0.6) is 0 Å². The van der Waals surface area contributed by atoms with Gasteiger partial charge >= 0.3 is 5.97 Å². The highest BCUT2D eigenvalue weighted by molar-refractivity contribution is 5.78. The van der Waals surface area contributed by atoms with Crippen molar-refractivity contribution < 1.29 is 14.6 Å². The van der Waals surface area contributed by atoms with Crippen LogP contribution in [0.4, 0.5) is 0 Å². The molecule has 0 spiro atoms. The Labute approximate surface area is 104 Å². The van der Waals surface area contributed by atoms with Crippen LogP contribution >= 0.6 is 0 Å². The lowest BCUT2D eigenvalue weighted by Crippen LogP contribution is -2.52. The zero-order chi connectivity index (χ0) is 13.1. The summed E-state index contributed by atoms with van der Waals surface area (Å²) in [5, 5.41) is 11.9. The van der Waals surface area contributed by atoms with Gasteiger partial charge in [-0.25, -0.2) is 0 Å². The van der Waals surface area contributed by atoms with E-state index in [1.807, 2.05) is 0 Å². The third kappa shape index (κ3) is 3.68. The summed E-state index contributed by atoms with van der Waals surface area (Å²) in [5.41, 5.74) is -0.980. The van der Waals surface area contributed by atoms with Crippen LogP contribution in [0.15, 0.2) is 0 Å². The van der Waals surface area contributed by atoms with Crippen LogP contribution in [0.25, 0.3) is 0 Å². The summed E-state index contributed by atoms with van der Waals surface area (Å²) in [6, 6.07) is 0. The van der Waals surface area contributed by atoms with Gasteiger partial charge in [-0.3, -0.25) is 4.79 Å². The van der Waals surface area contributed by atoms with Crippen LogP contribution in [0.2, 0.25) is 0 Å². The molecule has 0 aromatic heterocycles. The quantitative estimate of drug-likeness (QED) is 0.774. The van der Waals surface area contributed by atoms with Gasteiger partial charge in [0.15, 0.2) is 0 Å². The molecule has 1 fully saturated rings. The summed E-state index contributed by atoms with van der Waals surface area (Å²) in [7, 11) is 1.66. The first-order valence-electron chi connectivity index (χ1n) is 6.43. The van der Waals surface area contributed by atoms with Crippen molar-refractivity contribution >= 4 is 5.97 Å². The van der Waals surface area contributed by atoms with Gasteiger partial charge in [-0.2, -0.15) is 0 Å². The molecule has 1 aliphatic carbocycles. The van der Waals surface area contributed by atoms with E-state index < -0.39 is 11.5 Å². The highest BCUT2D eigenvalue weighted by atomic mass is 16.5. The van der Waals surface area contributed by atoms with Gasteiger partial charge in [-0.05, 0) is 45.1 Å². The molecule has 100 valence electrons. The molecule has 1 rings (SSSR count). The molecule has 17 heavy (non-hydrogen) atoms. The molecule has 4 heteroatoms. The molecule has 4 atom stereocenters. The van der Waals surface area contributed by atoms with E-state index in [4.69, 9.17) is 9.84 Å². The van der Waals surface area contributed by atoms with Crippen molar-refractivity contribution in [3.05, 3.63) is 0 Å². The van der Waals surface area contributed by atoms with Crippen molar-refractivity contribution in [1.82, 2.24) is 5.32 Å². The summed E-state index contributed by atoms with van der Waals surface area (Å²) in [4.78, 5) is 11.1. The highest BCUT2D eigenvalue weighted by Gasteiger charge is 2.33. The fraction of sp³-hybridized carbons (Fsp3) is 0.923. The molecule has 0 bridgehead atoms. The van der Waals surface area contributed by atoms with Crippen LogP contribution in [0.1, 0.15) is 40.0 Å². The summed E-state index contributed by atoms with van der Waals surface area (Å²) in [5.74, 6) is 0.557. The first-order chi connectivity index (χ1) is 7.89. The highest BCUT2D eigenvalue weighted by Crippen LogP contribution is 2.31. The van der Waals surface area contributed by atoms with E-state index in [9.17, 15) is 4.79 Å². The van der Waals surface area contributed by atoms with Crippen LogP contribution in [0, 0.1) is 11.8 Å². The van der Waals surface area contributed by atoms with Crippen molar-refractivity contribution in [2.75, 3.05) is 13.7 Å². The van der Waals surface area contributed by atoms with Crippen molar-refractivity contribution in [2.24, 2.45) is 11.8 Å². The zero-order valence-corrected chi connectivity index (χ0v) is 11.3. The maximum Gasteiger partial charge on any atom is 0.326 e. The molecule has 0 aromatic carbocycles. The number of hydrogen-bond donors (Lipinski definition) is 2. The Morgan fingerprint density at radius 3 is 2.53 bits per heavy atom. The Hall–Kier alpha value is -0.610. The van der Waals surface area contributed by atoms with E-state index in [0.29, 0.717) is 5.92 Å². The minimum Gasteiger partial charge on any atom is -0.480 e. The molecule has 0 heterocycles. The van der Waals surface area contributed by atoms with E-state index >= 15 is 0 Å². The van der Waals surface area contributed by atoms with Crippen molar-refractivity contribution in [2.45, 2.75) is 51.7 Å². The number of rotatable bonds is 5. The Kier molecular flexibility index (Phi) is 4.95. The molecular weight excluding hydrogens is 218 g/mol. The lowest BCUT2D eigenvalue weighted by Gasteiger charge is -2.34. The standard InChI is InChI=1S/C13H25NO3/c1-9-5-6-11(7-10(9)2)17-8-13(3,14-4)12(15)16/h9-11,14H,5-8H2,1-4H3,(H,15,16). The van der Waals surface area contributed by atoms with E-state index in [0.717, 1.165) is 18.8 Å².